The van der Waals surface area contributed by atoms with Crippen LogP contribution in [0.2, 0.25) is 5.02 Å². The number of nitrogens with zero attached hydrogens (tertiary/aromatic N) is 1. The fraction of sp³-hybridized carbons (Fsp3) is 0.241. The number of ether oxygens (including phenoxy) is 3. The Morgan fingerprint density at radius 1 is 0.953 bits per heavy atom. The Labute approximate surface area is 250 Å². The number of hydrogen-bond acceptors (Lipinski definition) is 7. The van der Waals surface area contributed by atoms with E-state index in [0.717, 1.165) is 31.0 Å². The molecule has 0 saturated heterocycles. The zero-order valence-corrected chi connectivity index (χ0v) is 23.8. The Bertz CT molecular complexity index is 1470. The van der Waals surface area contributed by atoms with Crippen molar-refractivity contribution < 1.29 is 41.8 Å². The van der Waals surface area contributed by atoms with Crippen molar-refractivity contribution in [3.63, 3.8) is 0 Å². The Kier molecular flexibility index (Phi) is 11.8. The van der Waals surface area contributed by atoms with Gasteiger partial charge < -0.3 is 24.8 Å². The highest BCUT2D eigenvalue weighted by Gasteiger charge is 2.30. The van der Waals surface area contributed by atoms with Crippen LogP contribution in [-0.4, -0.2) is 44.3 Å². The first-order chi connectivity index (χ1) is 20.5. The summed E-state index contributed by atoms with van der Waals surface area (Å²) in [5.74, 6) is -1.97. The maximum Gasteiger partial charge on any atom is 0.416 e. The molecule has 3 N–H and O–H groups in total. The number of unbranched alkanes of at least 4 members (excludes halogenated alkanes) is 1. The summed E-state index contributed by atoms with van der Waals surface area (Å²) in [5.41, 5.74) is 1.87. The molecule has 3 rings (SSSR count). The summed E-state index contributed by atoms with van der Waals surface area (Å²) in [6, 6.07) is 13.5. The molecule has 0 heterocycles. The number of nitrogens with one attached hydrogen (secondary N) is 3. The van der Waals surface area contributed by atoms with Crippen molar-refractivity contribution in [2.45, 2.75) is 25.9 Å². The zero-order valence-electron chi connectivity index (χ0n) is 23.1. The third kappa shape index (κ3) is 10.2. The van der Waals surface area contributed by atoms with E-state index in [4.69, 9.17) is 25.8 Å². The zero-order chi connectivity index (χ0) is 31.4. The number of hydrogen-bond donors (Lipinski definition) is 3. The van der Waals surface area contributed by atoms with Gasteiger partial charge >= 0.3 is 18.0 Å². The van der Waals surface area contributed by atoms with Crippen LogP contribution >= 0.6 is 11.6 Å². The highest BCUT2D eigenvalue weighted by molar-refractivity contribution is 6.39. The van der Waals surface area contributed by atoms with Gasteiger partial charge in [0.1, 0.15) is 5.75 Å². The normalized spacial score (nSPS) is 11.1. The van der Waals surface area contributed by atoms with E-state index in [2.05, 4.69) is 28.1 Å². The van der Waals surface area contributed by atoms with Crippen LogP contribution < -0.4 is 30.3 Å². The van der Waals surface area contributed by atoms with Gasteiger partial charge in [0.2, 0.25) is 0 Å². The van der Waals surface area contributed by atoms with Crippen molar-refractivity contribution in [2.75, 3.05) is 31.0 Å². The molecule has 0 aliphatic rings. The molecule has 0 saturated carbocycles. The van der Waals surface area contributed by atoms with Crippen LogP contribution in [0.1, 0.15) is 30.9 Å². The highest BCUT2D eigenvalue weighted by Crippen LogP contribution is 2.36. The van der Waals surface area contributed by atoms with E-state index >= 15 is 0 Å². The molecule has 3 aromatic rings. The van der Waals surface area contributed by atoms with E-state index in [1.54, 1.807) is 24.3 Å². The molecule has 0 radical (unpaired) electrons. The third-order valence-corrected chi connectivity index (χ3v) is 5.82. The van der Waals surface area contributed by atoms with E-state index < -0.39 is 36.1 Å². The standard InChI is InChI=1S/C29H28ClF3N4O6/c1-3-4-12-42-22-10-8-20(9-11-22)36-27(39)28(40)37-34-16-18-13-23(30)26(24(14-18)41-2)43-17-25(38)35-21-7-5-6-19(15-21)29(31,32)33/h5-11,13-16H,3-4,12,17H2,1-2H3,(H,35,38)(H,36,39)(H,37,40)/b34-16-. The van der Waals surface area contributed by atoms with E-state index in [1.807, 2.05) is 0 Å². The summed E-state index contributed by atoms with van der Waals surface area (Å²) in [5, 5.41) is 8.53. The lowest BCUT2D eigenvalue weighted by Gasteiger charge is -2.14. The molecule has 3 amide bonds. The van der Waals surface area contributed by atoms with Crippen molar-refractivity contribution in [2.24, 2.45) is 5.10 Å². The van der Waals surface area contributed by atoms with Gasteiger partial charge in [-0.25, -0.2) is 5.43 Å². The molecule has 0 aromatic heterocycles. The van der Waals surface area contributed by atoms with E-state index in [1.165, 1.54) is 31.5 Å². The number of carbonyl (C=O) groups excluding carboxylic acids is 3. The molecular weight excluding hydrogens is 593 g/mol. The van der Waals surface area contributed by atoms with E-state index in [0.29, 0.717) is 23.6 Å². The Balaban J connectivity index is 1.54. The monoisotopic (exact) mass is 620 g/mol. The van der Waals surface area contributed by atoms with Crippen LogP contribution in [0.25, 0.3) is 0 Å². The second kappa shape index (κ2) is 15.4. The second-order valence-electron chi connectivity index (χ2n) is 8.83. The van der Waals surface area contributed by atoms with Gasteiger partial charge in [0.25, 0.3) is 5.91 Å². The topological polar surface area (TPSA) is 127 Å². The summed E-state index contributed by atoms with van der Waals surface area (Å²) in [4.78, 5) is 36.6. The fourth-order valence-corrected chi connectivity index (χ4v) is 3.71. The third-order valence-electron chi connectivity index (χ3n) is 5.54. The average Bonchev–Trinajstić information content (AvgIpc) is 2.97. The average molecular weight is 621 g/mol. The summed E-state index contributed by atoms with van der Waals surface area (Å²) < 4.78 is 54.9. The van der Waals surface area contributed by atoms with Crippen molar-refractivity contribution in [3.8, 4) is 17.2 Å². The van der Waals surface area contributed by atoms with Crippen molar-refractivity contribution in [1.29, 1.82) is 0 Å². The molecule has 0 aliphatic carbocycles. The molecule has 0 aliphatic heterocycles. The first-order valence-electron chi connectivity index (χ1n) is 12.8. The quantitative estimate of drug-likeness (QED) is 0.104. The minimum atomic E-state index is -4.56. The summed E-state index contributed by atoms with van der Waals surface area (Å²) in [6.45, 7) is 2.05. The maximum absolute atomic E-state index is 12.9. The second-order valence-corrected chi connectivity index (χ2v) is 9.24. The molecule has 0 unspecified atom stereocenters. The van der Waals surface area contributed by atoms with Gasteiger partial charge in [-0.2, -0.15) is 18.3 Å². The van der Waals surface area contributed by atoms with Gasteiger partial charge in [-0.15, -0.1) is 0 Å². The summed E-state index contributed by atoms with van der Waals surface area (Å²) >= 11 is 6.27. The van der Waals surface area contributed by atoms with Gasteiger partial charge in [0.15, 0.2) is 18.1 Å². The molecule has 0 atom stereocenters. The molecule has 0 fully saturated rings. The van der Waals surface area contributed by atoms with E-state index in [9.17, 15) is 27.6 Å². The minimum Gasteiger partial charge on any atom is -0.494 e. The smallest absolute Gasteiger partial charge is 0.416 e. The minimum absolute atomic E-state index is 0.00861. The lowest BCUT2D eigenvalue weighted by Crippen LogP contribution is -2.32. The van der Waals surface area contributed by atoms with Crippen LogP contribution in [0.4, 0.5) is 24.5 Å². The van der Waals surface area contributed by atoms with Crippen LogP contribution in [0, 0.1) is 0 Å². The Morgan fingerprint density at radius 2 is 1.70 bits per heavy atom. The number of hydrazone groups is 1. The van der Waals surface area contributed by atoms with Crippen LogP contribution in [-0.2, 0) is 20.6 Å². The van der Waals surface area contributed by atoms with Crippen LogP contribution in [0.3, 0.4) is 0 Å². The van der Waals surface area contributed by atoms with Crippen LogP contribution in [0.15, 0.2) is 65.8 Å². The number of anilines is 2. The molecule has 14 heteroatoms. The highest BCUT2D eigenvalue weighted by atomic mass is 35.5. The molecular formula is C29H28ClF3N4O6. The maximum atomic E-state index is 12.9. The van der Waals surface area contributed by atoms with Gasteiger partial charge in [-0.05, 0) is 66.6 Å². The molecule has 43 heavy (non-hydrogen) atoms. The van der Waals surface area contributed by atoms with Gasteiger partial charge in [-0.3, -0.25) is 14.4 Å². The lowest BCUT2D eigenvalue weighted by atomic mass is 10.2. The van der Waals surface area contributed by atoms with Crippen molar-refractivity contribution in [3.05, 3.63) is 76.8 Å². The summed E-state index contributed by atoms with van der Waals surface area (Å²) in [6.07, 6.45) is -1.44. The fourth-order valence-electron chi connectivity index (χ4n) is 3.44. The number of carbonyl (C=O) groups is 3. The predicted octanol–water partition coefficient (Wildman–Crippen LogP) is 5.65. The summed E-state index contributed by atoms with van der Waals surface area (Å²) in [7, 11) is 1.32. The number of halogens is 4. The van der Waals surface area contributed by atoms with Gasteiger partial charge in [0, 0.05) is 11.4 Å². The first kappa shape index (κ1) is 32.7. The lowest BCUT2D eigenvalue weighted by molar-refractivity contribution is -0.137. The van der Waals surface area contributed by atoms with E-state index in [-0.39, 0.29) is 22.2 Å². The largest absolute Gasteiger partial charge is 0.494 e. The van der Waals surface area contributed by atoms with Gasteiger partial charge in [0.05, 0.1) is 30.5 Å². The number of amides is 3. The molecule has 0 bridgehead atoms. The molecule has 0 spiro atoms. The number of benzene rings is 3. The Hall–Kier alpha value is -4.78. The molecule has 228 valence electrons. The SMILES string of the molecule is CCCCOc1ccc(NC(=O)C(=O)N/N=C\c2cc(Cl)c(OCC(=O)Nc3cccc(C(F)(F)F)c3)c(OC)c2)cc1. The first-order valence-corrected chi connectivity index (χ1v) is 13.2. The number of alkyl halides is 3. The molecule has 10 nitrogen and oxygen atoms in total. The van der Waals surface area contributed by atoms with Crippen molar-refractivity contribution in [1.82, 2.24) is 5.43 Å². The van der Waals surface area contributed by atoms with Gasteiger partial charge in [-0.1, -0.05) is 31.0 Å². The predicted molar refractivity (Wildman–Crippen MR) is 155 cm³/mol. The number of methoxy groups -OCH3 is 1. The number of rotatable bonds is 12. The molecule has 3 aromatic carbocycles. The van der Waals surface area contributed by atoms with Crippen LogP contribution in [0.5, 0.6) is 17.2 Å². The Morgan fingerprint density at radius 3 is 2.37 bits per heavy atom. The van der Waals surface area contributed by atoms with Crippen molar-refractivity contribution >= 4 is 46.9 Å².